The summed E-state index contributed by atoms with van der Waals surface area (Å²) in [5.74, 6) is 1.19. The Morgan fingerprint density at radius 1 is 1.44 bits per heavy atom. The molecule has 0 spiro atoms. The summed E-state index contributed by atoms with van der Waals surface area (Å²) in [7, 11) is -1.02. The fourth-order valence-electron chi connectivity index (χ4n) is 1.36. The molecule has 0 radical (unpaired) electrons. The van der Waals surface area contributed by atoms with E-state index in [9.17, 15) is 4.21 Å². The molecule has 0 aromatic carbocycles. The van der Waals surface area contributed by atoms with E-state index in [-0.39, 0.29) is 0 Å². The van der Waals surface area contributed by atoms with Crippen molar-refractivity contribution in [3.63, 3.8) is 0 Å². The van der Waals surface area contributed by atoms with Crippen LogP contribution in [0.4, 0.5) is 5.95 Å². The predicted molar refractivity (Wildman–Crippen MR) is 70.4 cm³/mol. The molecule has 0 bridgehead atoms. The van der Waals surface area contributed by atoms with E-state index < -0.39 is 11.0 Å². The summed E-state index contributed by atoms with van der Waals surface area (Å²) in [4.78, 5) is 4.34. The lowest BCUT2D eigenvalue weighted by Crippen LogP contribution is -2.34. The first kappa shape index (κ1) is 12.1. The monoisotopic (exact) mass is 275 g/mol. The van der Waals surface area contributed by atoms with E-state index in [2.05, 4.69) is 16.3 Å². The van der Waals surface area contributed by atoms with E-state index in [4.69, 9.17) is 0 Å². The molecule has 0 saturated carbocycles. The quantitative estimate of drug-likeness (QED) is 0.612. The van der Waals surface area contributed by atoms with Gasteiger partial charge in [0.2, 0.25) is 0 Å². The zero-order valence-electron chi connectivity index (χ0n) is 9.39. The van der Waals surface area contributed by atoms with Crippen LogP contribution in [0.15, 0.2) is 15.5 Å². The highest BCUT2D eigenvalue weighted by atomic mass is 32.2. The Bertz CT molecular complexity index is 455. The van der Waals surface area contributed by atoms with Crippen molar-refractivity contribution in [2.24, 2.45) is 0 Å². The maximum atomic E-state index is 12.0. The number of thioether (sulfide) groups is 1. The molecule has 1 aromatic heterocycles. The maximum Gasteiger partial charge on any atom is 0.250 e. The molecule has 88 valence electrons. The van der Waals surface area contributed by atoms with Gasteiger partial charge in [0.15, 0.2) is 4.34 Å². The van der Waals surface area contributed by atoms with Gasteiger partial charge in [-0.15, -0.1) is 0 Å². The predicted octanol–water partition coefficient (Wildman–Crippen LogP) is 2.08. The number of nitrogens with zero attached hydrogens (tertiary/aromatic N) is 3. The summed E-state index contributed by atoms with van der Waals surface area (Å²) in [6.07, 6.45) is 1.97. The van der Waals surface area contributed by atoms with E-state index >= 15 is 0 Å². The summed E-state index contributed by atoms with van der Waals surface area (Å²) < 4.78 is 18.9. The van der Waals surface area contributed by atoms with E-state index in [0.29, 0.717) is 18.2 Å². The molecule has 2 rings (SSSR count). The third kappa shape index (κ3) is 2.31. The third-order valence-corrected chi connectivity index (χ3v) is 5.62. The van der Waals surface area contributed by atoms with Crippen LogP contribution < -0.4 is 4.31 Å². The maximum absolute atomic E-state index is 12.0. The molecule has 16 heavy (non-hydrogen) atoms. The second kappa shape index (κ2) is 4.85. The Morgan fingerprint density at radius 3 is 2.81 bits per heavy atom. The Hall–Kier alpha value is -0.400. The molecule has 7 heteroatoms. The van der Waals surface area contributed by atoms with Crippen LogP contribution in [0.5, 0.6) is 0 Å². The molecule has 4 nitrogen and oxygen atoms in total. The highest BCUT2D eigenvalue weighted by molar-refractivity contribution is 8.00. The minimum atomic E-state index is -1.02. The Morgan fingerprint density at radius 2 is 2.19 bits per heavy atom. The van der Waals surface area contributed by atoms with Crippen molar-refractivity contribution < 1.29 is 4.21 Å². The molecule has 1 aromatic rings. The molecule has 1 atom stereocenters. The first-order valence-corrected chi connectivity index (χ1v) is 8.08. The van der Waals surface area contributed by atoms with Crippen LogP contribution in [0, 0.1) is 0 Å². The number of hydrogen-bond donors (Lipinski definition) is 0. The van der Waals surface area contributed by atoms with Gasteiger partial charge >= 0.3 is 0 Å². The van der Waals surface area contributed by atoms with Crippen LogP contribution in [0.1, 0.15) is 13.8 Å². The highest BCUT2D eigenvalue weighted by Crippen LogP contribution is 2.25. The van der Waals surface area contributed by atoms with Crippen molar-refractivity contribution in [3.8, 4) is 0 Å². The second-order valence-corrected chi connectivity index (χ2v) is 6.81. The van der Waals surface area contributed by atoms with Crippen LogP contribution in [0.3, 0.4) is 0 Å². The summed E-state index contributed by atoms with van der Waals surface area (Å²) in [5.41, 5.74) is 2.48. The van der Waals surface area contributed by atoms with Gasteiger partial charge in [0.25, 0.3) is 5.95 Å². The summed E-state index contributed by atoms with van der Waals surface area (Å²) in [6, 6.07) is 0. The average Bonchev–Trinajstić information content (AvgIpc) is 2.71. The van der Waals surface area contributed by atoms with Crippen LogP contribution in [0.2, 0.25) is 0 Å². The fraction of sp³-hybridized carbons (Fsp3) is 0.556. The van der Waals surface area contributed by atoms with Gasteiger partial charge in [0, 0.05) is 0 Å². The van der Waals surface area contributed by atoms with Crippen LogP contribution in [-0.2, 0) is 11.0 Å². The minimum absolute atomic E-state index is 0.597. The summed E-state index contributed by atoms with van der Waals surface area (Å²) in [6.45, 7) is 4.77. The molecule has 0 aliphatic carbocycles. The van der Waals surface area contributed by atoms with E-state index in [1.54, 1.807) is 16.1 Å². The lowest BCUT2D eigenvalue weighted by Gasteiger charge is -2.26. The number of aromatic nitrogens is 2. The number of rotatable bonds is 2. The van der Waals surface area contributed by atoms with Crippen molar-refractivity contribution in [2.45, 2.75) is 18.2 Å². The van der Waals surface area contributed by atoms with Gasteiger partial charge in [-0.3, -0.25) is 4.31 Å². The topological polar surface area (TPSA) is 46.1 Å². The molecule has 1 aliphatic heterocycles. The van der Waals surface area contributed by atoms with Gasteiger partial charge in [-0.05, 0) is 31.6 Å². The first-order valence-electron chi connectivity index (χ1n) is 4.80. The normalized spacial score (nSPS) is 21.7. The minimum Gasteiger partial charge on any atom is -0.254 e. The summed E-state index contributed by atoms with van der Waals surface area (Å²) in [5, 5.41) is 0. The number of anilines is 1. The van der Waals surface area contributed by atoms with Crippen molar-refractivity contribution >= 4 is 40.2 Å². The third-order valence-electron chi connectivity index (χ3n) is 2.49. The lowest BCUT2D eigenvalue weighted by atomic mass is 10.2. The Kier molecular flexibility index (Phi) is 3.66. The van der Waals surface area contributed by atoms with Crippen LogP contribution in [0.25, 0.3) is 0 Å². The standard InChI is InChI=1S/C9H13N3OS3/c1-6-4-12(16(13)5-7(6)2)8-10-9(14-3)15-11-8/h4-5H2,1-3H3/t16-/m0/s1. The van der Waals surface area contributed by atoms with Gasteiger partial charge in [-0.25, -0.2) is 4.21 Å². The zero-order valence-corrected chi connectivity index (χ0v) is 11.8. The van der Waals surface area contributed by atoms with E-state index in [1.807, 2.05) is 13.2 Å². The SMILES string of the molecule is CSc1nc(N2CC(C)=C(C)C[S@@]2=O)ns1. The lowest BCUT2D eigenvalue weighted by molar-refractivity contribution is 0.678. The van der Waals surface area contributed by atoms with Gasteiger partial charge in [-0.1, -0.05) is 22.9 Å². The second-order valence-electron chi connectivity index (χ2n) is 3.63. The van der Waals surface area contributed by atoms with Gasteiger partial charge in [0.05, 0.1) is 12.3 Å². The van der Waals surface area contributed by atoms with Crippen LogP contribution >= 0.6 is 23.3 Å². The molecular weight excluding hydrogens is 262 g/mol. The molecule has 0 N–H and O–H groups in total. The molecule has 1 aliphatic rings. The van der Waals surface area contributed by atoms with Gasteiger partial charge < -0.3 is 0 Å². The van der Waals surface area contributed by atoms with E-state index in [0.717, 1.165) is 4.34 Å². The molecule has 0 saturated heterocycles. The Balaban J connectivity index is 2.25. The van der Waals surface area contributed by atoms with Gasteiger partial charge in [-0.2, -0.15) is 9.36 Å². The van der Waals surface area contributed by atoms with E-state index in [1.165, 1.54) is 22.7 Å². The number of hydrogen-bond acceptors (Lipinski definition) is 5. The van der Waals surface area contributed by atoms with Crippen LogP contribution in [-0.4, -0.2) is 32.1 Å². The fourth-order valence-corrected chi connectivity index (χ4v) is 3.79. The van der Waals surface area contributed by atoms with Crippen molar-refractivity contribution in [3.05, 3.63) is 11.1 Å². The molecule has 0 unspecified atom stereocenters. The zero-order chi connectivity index (χ0) is 11.7. The first-order chi connectivity index (χ1) is 7.61. The molecule has 0 fully saturated rings. The largest absolute Gasteiger partial charge is 0.254 e. The smallest absolute Gasteiger partial charge is 0.250 e. The van der Waals surface area contributed by atoms with Crippen molar-refractivity contribution in [1.82, 2.24) is 9.36 Å². The average molecular weight is 275 g/mol. The Labute approximate surface area is 106 Å². The molecule has 2 heterocycles. The van der Waals surface area contributed by atoms with Crippen molar-refractivity contribution in [2.75, 3.05) is 22.9 Å². The highest BCUT2D eigenvalue weighted by Gasteiger charge is 2.24. The summed E-state index contributed by atoms with van der Waals surface area (Å²) >= 11 is 2.92. The van der Waals surface area contributed by atoms with Crippen molar-refractivity contribution in [1.29, 1.82) is 0 Å². The molecular formula is C9H13N3OS3. The molecule has 0 amide bonds. The van der Waals surface area contributed by atoms with Gasteiger partial charge in [0.1, 0.15) is 11.0 Å².